The van der Waals surface area contributed by atoms with E-state index in [4.69, 9.17) is 23.7 Å². The number of hydrogen-bond donors (Lipinski definition) is 0. The van der Waals surface area contributed by atoms with E-state index in [-0.39, 0.29) is 0 Å². The van der Waals surface area contributed by atoms with Crippen molar-refractivity contribution in [3.8, 4) is 0 Å². The van der Waals surface area contributed by atoms with E-state index >= 15 is 0 Å². The fourth-order valence-electron chi connectivity index (χ4n) is 3.43. The Hall–Kier alpha value is -1.96. The highest BCUT2D eigenvalue weighted by molar-refractivity contribution is 5.21. The Bertz CT molecular complexity index is 742. The van der Waals surface area contributed by atoms with Crippen LogP contribution in [0.3, 0.4) is 0 Å². The van der Waals surface area contributed by atoms with Gasteiger partial charge < -0.3 is 38.1 Å². The summed E-state index contributed by atoms with van der Waals surface area (Å²) in [6.45, 7) is 32.1. The lowest BCUT2D eigenvalue weighted by molar-refractivity contribution is -0.0594. The highest BCUT2D eigenvalue weighted by Gasteiger charge is 2.22. The van der Waals surface area contributed by atoms with Crippen LogP contribution in [-0.2, 0) is 38.1 Å². The number of alkyl halides is 2. The van der Waals surface area contributed by atoms with E-state index in [2.05, 4.69) is 65.2 Å². The van der Waals surface area contributed by atoms with E-state index in [1.165, 1.54) is 57.8 Å². The highest BCUT2D eigenvalue weighted by atomic mass is 19.3. The second kappa shape index (κ2) is 49.1. The summed E-state index contributed by atoms with van der Waals surface area (Å²) in [6, 6.07) is 0. The molecule has 0 aromatic carbocycles. The number of hydrogen-bond acceptors (Lipinski definition) is 10. The van der Waals surface area contributed by atoms with E-state index in [1.807, 2.05) is 13.8 Å². The SMILES string of the molecule is C=CCOCC1CC1.C=CCOCCC.C=NOCC.C=NOCC1CC1.CCCOCC.CCOCC(C)(F)F.COCC1CC1.COCC1CCC1. The second-order valence-corrected chi connectivity index (χ2v) is 13.1. The van der Waals surface area contributed by atoms with E-state index in [0.717, 1.165) is 96.3 Å². The van der Waals surface area contributed by atoms with Crippen LogP contribution in [0.1, 0.15) is 112 Å². The molecule has 0 aliphatic heterocycles. The molecule has 0 radical (unpaired) electrons. The van der Waals surface area contributed by atoms with Crippen LogP contribution >= 0.6 is 0 Å². The predicted molar refractivity (Wildman–Crippen MR) is 222 cm³/mol. The van der Waals surface area contributed by atoms with Crippen molar-refractivity contribution in [1.29, 1.82) is 0 Å². The third-order valence-electron chi connectivity index (χ3n) is 7.03. The number of nitrogens with zero attached hydrogens (tertiary/aromatic N) is 2. The molecule has 0 bridgehead atoms. The van der Waals surface area contributed by atoms with Gasteiger partial charge in [-0.2, -0.15) is 0 Å². The first-order chi connectivity index (χ1) is 26.0. The third kappa shape index (κ3) is 68.1. The van der Waals surface area contributed by atoms with Gasteiger partial charge in [-0.25, -0.2) is 8.78 Å². The van der Waals surface area contributed by atoms with Crippen molar-refractivity contribution in [3.63, 3.8) is 0 Å². The molecule has 0 unspecified atom stereocenters. The minimum atomic E-state index is -2.67. The minimum absolute atomic E-state index is 0.351. The van der Waals surface area contributed by atoms with Gasteiger partial charge in [0.1, 0.15) is 19.8 Å². The smallest absolute Gasteiger partial charge is 0.268 e. The maximum Gasteiger partial charge on any atom is 0.268 e. The molecule has 0 amide bonds. The summed E-state index contributed by atoms with van der Waals surface area (Å²) in [5.41, 5.74) is 0. The van der Waals surface area contributed by atoms with Gasteiger partial charge in [0.2, 0.25) is 0 Å². The standard InChI is InChI=1S/C7H12O.2C6H12O.C5H10F2O.C5H9NO.C5H10O.C5H12O.C3H7NO/c1-2-5-8-6-7-3-4-7;1-7-5-6-3-2-4-6;1-3-5-7-6-4-2;1-3-8-4-5(2,6)7;1-6-7-4-5-2-3-5;1-6-4-5-2-3-5;1-3-5-6-4-2;1-3-5-4-2/h2,7H,1,3-6H2;6H,2-5H2,1H3;3H,1,4-6H2,2H3;3-4H2,1-2H3;5H,1-4H2;5H,2-4H2,1H3;3-5H2,1-2H3;2-3H2,1H3. The van der Waals surface area contributed by atoms with Gasteiger partial charge in [0, 0.05) is 80.8 Å². The molecule has 4 saturated carbocycles. The summed E-state index contributed by atoms with van der Waals surface area (Å²) in [4.78, 5) is 9.02. The number of oxime groups is 2. The van der Waals surface area contributed by atoms with Crippen LogP contribution in [0.4, 0.5) is 8.78 Å². The molecule has 0 atom stereocenters. The molecule has 324 valence electrons. The van der Waals surface area contributed by atoms with Crippen molar-refractivity contribution >= 4 is 13.4 Å². The zero-order valence-corrected chi connectivity index (χ0v) is 36.0. The molecule has 12 heteroatoms. The van der Waals surface area contributed by atoms with Crippen molar-refractivity contribution in [1.82, 2.24) is 0 Å². The van der Waals surface area contributed by atoms with Crippen molar-refractivity contribution < 1.29 is 46.9 Å². The molecule has 0 spiro atoms. The van der Waals surface area contributed by atoms with Crippen LogP contribution in [0, 0.1) is 23.7 Å². The molecule has 4 fully saturated rings. The number of halogens is 2. The zero-order chi connectivity index (χ0) is 41.6. The van der Waals surface area contributed by atoms with Gasteiger partial charge >= 0.3 is 0 Å². The summed E-state index contributed by atoms with van der Waals surface area (Å²) >= 11 is 0. The van der Waals surface area contributed by atoms with Crippen LogP contribution in [0.2, 0.25) is 0 Å². The Morgan fingerprint density at radius 2 is 1.00 bits per heavy atom. The van der Waals surface area contributed by atoms with E-state index < -0.39 is 12.5 Å². The normalized spacial score (nSPS) is 14.9. The molecule has 0 heterocycles. The molecule has 0 aromatic rings. The summed E-state index contributed by atoms with van der Waals surface area (Å²) in [5.74, 6) is 0.844. The molecule has 4 aliphatic rings. The maximum absolute atomic E-state index is 11.8. The van der Waals surface area contributed by atoms with Crippen LogP contribution in [0.25, 0.3) is 0 Å². The Morgan fingerprint density at radius 1 is 0.574 bits per heavy atom. The predicted octanol–water partition coefficient (Wildman–Crippen LogP) is 10.5. The van der Waals surface area contributed by atoms with Crippen molar-refractivity contribution in [2.75, 3.05) is 93.5 Å². The zero-order valence-electron chi connectivity index (χ0n) is 36.0. The summed E-state index contributed by atoms with van der Waals surface area (Å²) < 4.78 is 53.0. The Labute approximate surface area is 330 Å². The average Bonchev–Trinajstić information content (AvgIpc) is 3.97. The number of rotatable bonds is 23. The molecule has 54 heavy (non-hydrogen) atoms. The lowest BCUT2D eigenvalue weighted by Crippen LogP contribution is -2.18. The molecule has 4 rings (SSSR count). The molecular formula is C42H84F2N2O8. The van der Waals surface area contributed by atoms with Gasteiger partial charge in [0.25, 0.3) is 5.92 Å². The molecule has 0 saturated heterocycles. The molecule has 10 nitrogen and oxygen atoms in total. The van der Waals surface area contributed by atoms with Gasteiger partial charge in [-0.05, 0) is 109 Å². The van der Waals surface area contributed by atoms with Crippen molar-refractivity contribution in [3.05, 3.63) is 25.3 Å². The fraction of sp³-hybridized carbons (Fsp3) is 0.857. The van der Waals surface area contributed by atoms with Crippen LogP contribution in [-0.4, -0.2) is 113 Å². The van der Waals surface area contributed by atoms with Crippen LogP contribution in [0.5, 0.6) is 0 Å². The molecule has 4 aliphatic carbocycles. The Kier molecular flexibility index (Phi) is 53.4. The van der Waals surface area contributed by atoms with Crippen molar-refractivity contribution in [2.45, 2.75) is 118 Å². The van der Waals surface area contributed by atoms with Crippen molar-refractivity contribution in [2.24, 2.45) is 34.0 Å². The quantitative estimate of drug-likeness (QED) is 0.0437. The summed E-state index contributed by atoms with van der Waals surface area (Å²) in [7, 11) is 3.54. The molecule has 0 N–H and O–H groups in total. The van der Waals surface area contributed by atoms with Gasteiger partial charge in [0.15, 0.2) is 0 Å². The summed E-state index contributed by atoms with van der Waals surface area (Å²) in [6.07, 6.45) is 18.2. The maximum atomic E-state index is 11.8. The minimum Gasteiger partial charge on any atom is -0.397 e. The topological polar surface area (TPSA) is 98.6 Å². The first-order valence-corrected chi connectivity index (χ1v) is 20.1. The lowest BCUT2D eigenvalue weighted by atomic mass is 9.86. The monoisotopic (exact) mass is 783 g/mol. The van der Waals surface area contributed by atoms with Gasteiger partial charge in [0.05, 0.1) is 13.2 Å². The second-order valence-electron chi connectivity index (χ2n) is 13.1. The fourth-order valence-corrected chi connectivity index (χ4v) is 3.43. The lowest BCUT2D eigenvalue weighted by Gasteiger charge is -2.23. The first kappa shape index (κ1) is 58.7. The number of methoxy groups -OCH3 is 2. The Morgan fingerprint density at radius 3 is 1.26 bits per heavy atom. The van der Waals surface area contributed by atoms with E-state index in [1.54, 1.807) is 33.3 Å². The third-order valence-corrected chi connectivity index (χ3v) is 7.03. The summed E-state index contributed by atoms with van der Waals surface area (Å²) in [5, 5.41) is 6.37. The van der Waals surface area contributed by atoms with Gasteiger partial charge in [-0.3, -0.25) is 0 Å². The first-order valence-electron chi connectivity index (χ1n) is 20.1. The number of ether oxygens (including phenoxy) is 6. The van der Waals surface area contributed by atoms with Crippen LogP contribution in [0.15, 0.2) is 35.6 Å². The molecule has 0 aromatic heterocycles. The largest absolute Gasteiger partial charge is 0.397 e. The highest BCUT2D eigenvalue weighted by Crippen LogP contribution is 2.29. The van der Waals surface area contributed by atoms with E-state index in [0.29, 0.717) is 19.8 Å². The van der Waals surface area contributed by atoms with Gasteiger partial charge in [-0.15, -0.1) is 23.5 Å². The van der Waals surface area contributed by atoms with E-state index in [9.17, 15) is 8.78 Å². The Balaban J connectivity index is -0.000000266. The average molecular weight is 783 g/mol. The molecular weight excluding hydrogens is 698 g/mol. The van der Waals surface area contributed by atoms with Gasteiger partial charge in [-0.1, -0.05) is 32.4 Å². The van der Waals surface area contributed by atoms with Crippen LogP contribution < -0.4 is 0 Å².